The third kappa shape index (κ3) is 6.08. The van der Waals surface area contributed by atoms with E-state index in [0.717, 1.165) is 13.1 Å². The number of nitrogens with zero attached hydrogens (tertiary/aromatic N) is 1. The molecule has 2 heterocycles. The number of ether oxygens (including phenoxy) is 4. The molecule has 10 nitrogen and oxygen atoms in total. The molecule has 5 atom stereocenters. The number of benzene rings is 3. The fourth-order valence-electron chi connectivity index (χ4n) is 4.66. The molecule has 1 saturated heterocycles. The number of hydrogen-bond donors (Lipinski definition) is 1. The highest BCUT2D eigenvalue weighted by atomic mass is 19.3. The molecule has 0 spiro atoms. The van der Waals surface area contributed by atoms with E-state index in [9.17, 15) is 33.1 Å². The summed E-state index contributed by atoms with van der Waals surface area (Å²) in [6, 6.07) is 23.4. The Balaban J connectivity index is 1.51. The van der Waals surface area contributed by atoms with Gasteiger partial charge in [0.1, 0.15) is 12.7 Å². The normalized spacial score (nSPS) is 25.7. The van der Waals surface area contributed by atoms with Crippen LogP contribution in [0, 0.1) is 0 Å². The number of carbonyl (C=O) groups excluding carboxylic acids is 4. The van der Waals surface area contributed by atoms with Crippen molar-refractivity contribution in [1.82, 2.24) is 4.90 Å². The summed E-state index contributed by atoms with van der Waals surface area (Å²) < 4.78 is 52.7. The summed E-state index contributed by atoms with van der Waals surface area (Å²) in [4.78, 5) is 52.5. The maximum Gasteiger partial charge on any atom is 0.356 e. The SMILES string of the molecule is CC1(O)C=CN([C@@H]2O[C@H](COC(=O)c3ccccc3)[C@@H](OC(=O)c3ccccc3)[C@H]2OC(=O)c2ccccc2)C(=O)C1(F)F. The van der Waals surface area contributed by atoms with E-state index in [1.54, 1.807) is 54.6 Å². The molecule has 0 aliphatic carbocycles. The van der Waals surface area contributed by atoms with E-state index in [1.165, 1.54) is 36.4 Å². The van der Waals surface area contributed by atoms with Gasteiger partial charge in [0.2, 0.25) is 0 Å². The van der Waals surface area contributed by atoms with E-state index in [2.05, 4.69) is 0 Å². The zero-order chi connectivity index (χ0) is 31.5. The lowest BCUT2D eigenvalue weighted by Crippen LogP contribution is -2.61. The van der Waals surface area contributed by atoms with Crippen molar-refractivity contribution in [3.63, 3.8) is 0 Å². The van der Waals surface area contributed by atoms with Crippen molar-refractivity contribution in [3.8, 4) is 0 Å². The van der Waals surface area contributed by atoms with Gasteiger partial charge in [-0.05, 0) is 49.4 Å². The Morgan fingerprint density at radius 2 is 1.25 bits per heavy atom. The fourth-order valence-corrected chi connectivity index (χ4v) is 4.66. The first kappa shape index (κ1) is 30.5. The van der Waals surface area contributed by atoms with Gasteiger partial charge in [-0.1, -0.05) is 54.6 Å². The van der Waals surface area contributed by atoms with Gasteiger partial charge in [0.25, 0.3) is 0 Å². The van der Waals surface area contributed by atoms with Crippen molar-refractivity contribution in [2.24, 2.45) is 0 Å². The zero-order valence-electron chi connectivity index (χ0n) is 23.2. The lowest BCUT2D eigenvalue weighted by atomic mass is 9.93. The first-order valence-corrected chi connectivity index (χ1v) is 13.5. The minimum absolute atomic E-state index is 0.0760. The Labute approximate surface area is 250 Å². The van der Waals surface area contributed by atoms with E-state index >= 15 is 0 Å². The predicted octanol–water partition coefficient (Wildman–Crippen LogP) is 3.76. The van der Waals surface area contributed by atoms with Crippen molar-refractivity contribution in [2.75, 3.05) is 6.61 Å². The number of rotatable bonds is 8. The van der Waals surface area contributed by atoms with Crippen LogP contribution in [0.5, 0.6) is 0 Å². The topological polar surface area (TPSA) is 129 Å². The minimum atomic E-state index is -4.30. The number of aliphatic hydroxyl groups is 1. The van der Waals surface area contributed by atoms with Gasteiger partial charge in [0.15, 0.2) is 24.0 Å². The van der Waals surface area contributed by atoms with Crippen LogP contribution >= 0.6 is 0 Å². The van der Waals surface area contributed by atoms with Gasteiger partial charge in [0, 0.05) is 6.20 Å². The minimum Gasteiger partial charge on any atom is -0.459 e. The molecule has 3 aromatic rings. The van der Waals surface area contributed by atoms with Gasteiger partial charge in [-0.15, -0.1) is 0 Å². The second-order valence-electron chi connectivity index (χ2n) is 10.3. The van der Waals surface area contributed by atoms with Gasteiger partial charge in [-0.2, -0.15) is 8.78 Å². The van der Waals surface area contributed by atoms with E-state index in [4.69, 9.17) is 18.9 Å². The number of amides is 1. The molecule has 0 aromatic heterocycles. The summed E-state index contributed by atoms with van der Waals surface area (Å²) in [6.45, 7) is 0.188. The van der Waals surface area contributed by atoms with Crippen molar-refractivity contribution in [3.05, 3.63) is 120 Å². The van der Waals surface area contributed by atoms with E-state index in [1.807, 2.05) is 0 Å². The average Bonchev–Trinajstić information content (AvgIpc) is 3.36. The molecule has 5 rings (SSSR count). The van der Waals surface area contributed by atoms with E-state index < -0.39 is 66.5 Å². The molecule has 228 valence electrons. The highest BCUT2D eigenvalue weighted by molar-refractivity contribution is 5.91. The monoisotopic (exact) mass is 607 g/mol. The van der Waals surface area contributed by atoms with Gasteiger partial charge < -0.3 is 24.1 Å². The fraction of sp³-hybridized carbons (Fsp3) is 0.250. The van der Waals surface area contributed by atoms with Gasteiger partial charge in [-0.25, -0.2) is 14.4 Å². The molecule has 2 aliphatic rings. The van der Waals surface area contributed by atoms with Crippen molar-refractivity contribution >= 4 is 23.8 Å². The molecule has 1 N–H and O–H groups in total. The van der Waals surface area contributed by atoms with Gasteiger partial charge in [0.05, 0.1) is 16.7 Å². The second-order valence-corrected chi connectivity index (χ2v) is 10.3. The molecule has 0 radical (unpaired) electrons. The number of halogens is 2. The zero-order valence-corrected chi connectivity index (χ0v) is 23.2. The van der Waals surface area contributed by atoms with Crippen LogP contribution in [-0.2, 0) is 23.7 Å². The Hall–Kier alpha value is -4.94. The molecule has 3 aromatic carbocycles. The summed E-state index contributed by atoms with van der Waals surface area (Å²) in [5.74, 6) is -8.73. The molecular weight excluding hydrogens is 580 g/mol. The maximum absolute atomic E-state index is 15.0. The van der Waals surface area contributed by atoms with Crippen molar-refractivity contribution < 1.29 is 52.0 Å². The molecule has 44 heavy (non-hydrogen) atoms. The first-order valence-electron chi connectivity index (χ1n) is 13.5. The lowest BCUT2D eigenvalue weighted by molar-refractivity contribution is -0.201. The summed E-state index contributed by atoms with van der Waals surface area (Å²) in [7, 11) is 0. The Kier molecular flexibility index (Phi) is 8.56. The van der Waals surface area contributed by atoms with Crippen LogP contribution in [0.4, 0.5) is 8.78 Å². The third-order valence-electron chi connectivity index (χ3n) is 7.15. The summed E-state index contributed by atoms with van der Waals surface area (Å²) >= 11 is 0. The number of alkyl halides is 2. The predicted molar refractivity (Wildman–Crippen MR) is 148 cm³/mol. The van der Waals surface area contributed by atoms with Crippen LogP contribution in [0.3, 0.4) is 0 Å². The highest BCUT2D eigenvalue weighted by Crippen LogP contribution is 2.39. The molecule has 12 heteroatoms. The standard InChI is InChI=1S/C32H27F2NO9/c1-31(40)17-18-35(30(39)32(31,33)34)26-25(44-29(38)22-15-9-4-10-16-22)24(43-28(37)21-13-7-3-8-14-21)23(42-26)19-41-27(36)20-11-5-2-6-12-20/h2-18,23-26,40H,19H2,1H3/t23-,24-,25-,26-,31?/m1/s1. The Morgan fingerprint density at radius 1 is 0.795 bits per heavy atom. The second kappa shape index (κ2) is 12.3. The smallest absolute Gasteiger partial charge is 0.356 e. The molecule has 2 aliphatic heterocycles. The summed E-state index contributed by atoms with van der Waals surface area (Å²) in [6.07, 6.45) is -4.80. The molecular formula is C32H27F2NO9. The first-order chi connectivity index (χ1) is 21.0. The number of hydrogen-bond acceptors (Lipinski definition) is 9. The molecule has 1 fully saturated rings. The van der Waals surface area contributed by atoms with Crippen LogP contribution in [0.1, 0.15) is 38.0 Å². The number of carbonyl (C=O) groups is 4. The van der Waals surface area contributed by atoms with Crippen LogP contribution in [0.25, 0.3) is 0 Å². The molecule has 0 bridgehead atoms. The Bertz CT molecular complexity index is 1550. The van der Waals surface area contributed by atoms with Crippen molar-refractivity contribution in [1.29, 1.82) is 0 Å². The van der Waals surface area contributed by atoms with Gasteiger partial charge in [-0.3, -0.25) is 9.69 Å². The summed E-state index contributed by atoms with van der Waals surface area (Å²) in [5, 5.41) is 10.2. The summed E-state index contributed by atoms with van der Waals surface area (Å²) in [5.41, 5.74) is -2.44. The molecule has 1 unspecified atom stereocenters. The molecule has 0 saturated carbocycles. The van der Waals surface area contributed by atoms with Crippen LogP contribution < -0.4 is 0 Å². The average molecular weight is 608 g/mol. The van der Waals surface area contributed by atoms with Crippen LogP contribution in [0.2, 0.25) is 0 Å². The van der Waals surface area contributed by atoms with E-state index in [-0.39, 0.29) is 16.7 Å². The quantitative estimate of drug-likeness (QED) is 0.301. The number of esters is 3. The van der Waals surface area contributed by atoms with Crippen LogP contribution in [-0.4, -0.2) is 76.5 Å². The lowest BCUT2D eigenvalue weighted by Gasteiger charge is -2.39. The largest absolute Gasteiger partial charge is 0.459 e. The van der Waals surface area contributed by atoms with E-state index in [0.29, 0.717) is 11.0 Å². The highest BCUT2D eigenvalue weighted by Gasteiger charge is 2.62. The van der Waals surface area contributed by atoms with Crippen molar-refractivity contribution in [2.45, 2.75) is 43.0 Å². The third-order valence-corrected chi connectivity index (χ3v) is 7.15. The maximum atomic E-state index is 15.0. The van der Waals surface area contributed by atoms with Gasteiger partial charge >= 0.3 is 29.7 Å². The Morgan fingerprint density at radius 3 is 1.75 bits per heavy atom. The van der Waals surface area contributed by atoms with Crippen LogP contribution in [0.15, 0.2) is 103 Å². The molecule has 1 amide bonds.